The normalized spacial score (nSPS) is 19.8. The van der Waals surface area contributed by atoms with Crippen molar-refractivity contribution in [1.82, 2.24) is 14.0 Å². The van der Waals surface area contributed by atoms with Gasteiger partial charge in [0.05, 0.1) is 17.5 Å². The van der Waals surface area contributed by atoms with Crippen molar-refractivity contribution in [1.29, 1.82) is 0 Å². The van der Waals surface area contributed by atoms with E-state index in [-0.39, 0.29) is 24.3 Å². The van der Waals surface area contributed by atoms with E-state index in [4.69, 9.17) is 4.74 Å². The first-order valence-electron chi connectivity index (χ1n) is 10.2. The number of aromatic nitrogens is 2. The van der Waals surface area contributed by atoms with Crippen molar-refractivity contribution in [3.8, 4) is 5.75 Å². The first kappa shape index (κ1) is 19.3. The second kappa shape index (κ2) is 7.26. The lowest BCUT2D eigenvalue weighted by Gasteiger charge is -2.42. The number of hydrogen-bond acceptors (Lipinski definition) is 5. The Bertz CT molecular complexity index is 1260. The van der Waals surface area contributed by atoms with Crippen molar-refractivity contribution in [2.75, 3.05) is 20.2 Å². The Balaban J connectivity index is 1.38. The van der Waals surface area contributed by atoms with Crippen LogP contribution in [0.3, 0.4) is 0 Å². The predicted molar refractivity (Wildman–Crippen MR) is 113 cm³/mol. The molecule has 1 unspecified atom stereocenters. The molecule has 0 aliphatic carbocycles. The summed E-state index contributed by atoms with van der Waals surface area (Å²) in [6, 6.07) is 10.7. The molecule has 0 saturated carbocycles. The largest absolute Gasteiger partial charge is 0.496 e. The topological polar surface area (TPSA) is 99.6 Å². The number of methoxy groups -OCH3 is 1. The number of piperidine rings is 1. The highest BCUT2D eigenvalue weighted by Crippen LogP contribution is 2.36. The average Bonchev–Trinajstić information content (AvgIpc) is 3.17. The lowest BCUT2D eigenvalue weighted by Crippen LogP contribution is -2.50. The van der Waals surface area contributed by atoms with Crippen LogP contribution in [0.25, 0.3) is 10.9 Å². The molecule has 9 heteroatoms. The molecule has 1 aromatic carbocycles. The van der Waals surface area contributed by atoms with Crippen LogP contribution in [0.2, 0.25) is 0 Å². The molecule has 1 fully saturated rings. The fraction of sp³-hybridized carbons (Fsp3) is 0.364. The molecule has 2 aromatic heterocycles. The van der Waals surface area contributed by atoms with Crippen LogP contribution in [0.4, 0.5) is 5.69 Å². The molecule has 2 aliphatic rings. The number of ether oxygens (including phenoxy) is 1. The summed E-state index contributed by atoms with van der Waals surface area (Å²) in [5.74, 6) is 0.905. The minimum absolute atomic E-state index is 0.00598. The molecule has 160 valence electrons. The fourth-order valence-corrected chi connectivity index (χ4v) is 5.03. The zero-order chi connectivity index (χ0) is 21.7. The Hall–Kier alpha value is -3.62. The van der Waals surface area contributed by atoms with Gasteiger partial charge >= 0.3 is 11.2 Å². The third-order valence-electron chi connectivity index (χ3n) is 6.43. The van der Waals surface area contributed by atoms with Gasteiger partial charge in [0, 0.05) is 48.9 Å². The van der Waals surface area contributed by atoms with Crippen LogP contribution < -0.4 is 10.3 Å². The highest BCUT2D eigenvalue weighted by molar-refractivity contribution is 5.88. The van der Waals surface area contributed by atoms with Gasteiger partial charge in [0.15, 0.2) is 0 Å². The highest BCUT2D eigenvalue weighted by Gasteiger charge is 2.37. The Morgan fingerprint density at radius 3 is 2.81 bits per heavy atom. The van der Waals surface area contributed by atoms with Gasteiger partial charge in [-0.1, -0.05) is 6.07 Å². The summed E-state index contributed by atoms with van der Waals surface area (Å²) >= 11 is 0. The molecule has 1 saturated heterocycles. The van der Waals surface area contributed by atoms with Crippen LogP contribution in [0, 0.1) is 16.0 Å². The second-order valence-electron chi connectivity index (χ2n) is 8.25. The standard InChI is InChI=1S/C22H22N4O5/c1-31-20-4-2-3-18-16(20)7-8-23(18)13-21(27)24-10-14-9-15(12-24)17-5-6-19(26(29)30)22(28)25(17)11-14/h2-8,14-15H,9-13H2,1H3/t14-,15?/m0/s1. The van der Waals surface area contributed by atoms with E-state index in [1.807, 2.05) is 39.9 Å². The maximum Gasteiger partial charge on any atom is 0.334 e. The summed E-state index contributed by atoms with van der Waals surface area (Å²) in [6.07, 6.45) is 2.77. The molecule has 1 amide bonds. The smallest absolute Gasteiger partial charge is 0.334 e. The number of likely N-dealkylation sites (tertiary alicyclic amines) is 1. The molecule has 3 aromatic rings. The quantitative estimate of drug-likeness (QED) is 0.475. The van der Waals surface area contributed by atoms with Crippen molar-refractivity contribution < 1.29 is 14.5 Å². The van der Waals surface area contributed by atoms with Crippen molar-refractivity contribution in [2.24, 2.45) is 5.92 Å². The van der Waals surface area contributed by atoms with Crippen LogP contribution in [-0.2, 0) is 17.9 Å². The monoisotopic (exact) mass is 422 g/mol. The Morgan fingerprint density at radius 2 is 2.03 bits per heavy atom. The van der Waals surface area contributed by atoms with E-state index in [1.54, 1.807) is 13.2 Å². The Kier molecular flexibility index (Phi) is 4.53. The zero-order valence-corrected chi connectivity index (χ0v) is 17.1. The summed E-state index contributed by atoms with van der Waals surface area (Å²) in [4.78, 5) is 38.0. The molecule has 0 N–H and O–H groups in total. The van der Waals surface area contributed by atoms with E-state index in [2.05, 4.69) is 0 Å². The number of hydrogen-bond donors (Lipinski definition) is 0. The maximum absolute atomic E-state index is 13.1. The maximum atomic E-state index is 13.1. The van der Waals surface area contributed by atoms with Gasteiger partial charge < -0.3 is 18.8 Å². The molecule has 2 atom stereocenters. The third-order valence-corrected chi connectivity index (χ3v) is 6.43. The van der Waals surface area contributed by atoms with E-state index in [9.17, 15) is 19.7 Å². The molecular weight excluding hydrogens is 400 g/mol. The number of carbonyl (C=O) groups is 1. The third kappa shape index (κ3) is 3.17. The van der Waals surface area contributed by atoms with Crippen molar-refractivity contribution in [3.05, 3.63) is 68.8 Å². The lowest BCUT2D eigenvalue weighted by atomic mass is 9.83. The molecule has 0 radical (unpaired) electrons. The SMILES string of the molecule is COc1cccc2c1ccn2CC(=O)N1CC2C[C@@H](C1)Cn1c2ccc([N+](=O)[O-])c1=O. The molecule has 31 heavy (non-hydrogen) atoms. The van der Waals surface area contributed by atoms with E-state index in [0.717, 1.165) is 28.8 Å². The summed E-state index contributed by atoms with van der Waals surface area (Å²) in [5, 5.41) is 12.1. The van der Waals surface area contributed by atoms with Crippen LogP contribution in [0.1, 0.15) is 18.0 Å². The van der Waals surface area contributed by atoms with Gasteiger partial charge in [0.1, 0.15) is 12.3 Å². The minimum Gasteiger partial charge on any atom is -0.496 e. The number of nitro groups is 1. The summed E-state index contributed by atoms with van der Waals surface area (Å²) < 4.78 is 8.86. The average molecular weight is 422 g/mol. The number of nitrogens with zero attached hydrogens (tertiary/aromatic N) is 4. The van der Waals surface area contributed by atoms with Crippen molar-refractivity contribution >= 4 is 22.5 Å². The fourth-order valence-electron chi connectivity index (χ4n) is 5.03. The molecule has 0 spiro atoms. The number of rotatable bonds is 4. The van der Waals surface area contributed by atoms with E-state index in [0.29, 0.717) is 19.6 Å². The number of carbonyl (C=O) groups excluding carboxylic acids is 1. The van der Waals surface area contributed by atoms with Gasteiger partial charge in [0.25, 0.3) is 0 Å². The van der Waals surface area contributed by atoms with Crippen LogP contribution in [0.5, 0.6) is 5.75 Å². The Morgan fingerprint density at radius 1 is 1.19 bits per heavy atom. The molecule has 2 aliphatic heterocycles. The molecular formula is C22H22N4O5. The minimum atomic E-state index is -0.633. The Labute approximate surface area is 177 Å². The zero-order valence-electron chi connectivity index (χ0n) is 17.1. The summed E-state index contributed by atoms with van der Waals surface area (Å²) in [6.45, 7) is 1.69. The van der Waals surface area contributed by atoms with Gasteiger partial charge in [-0.3, -0.25) is 19.7 Å². The second-order valence-corrected chi connectivity index (χ2v) is 8.25. The number of amides is 1. The van der Waals surface area contributed by atoms with Gasteiger partial charge in [-0.05, 0) is 36.6 Å². The molecule has 4 heterocycles. The lowest BCUT2D eigenvalue weighted by molar-refractivity contribution is -0.386. The van der Waals surface area contributed by atoms with Gasteiger partial charge in [-0.15, -0.1) is 0 Å². The van der Waals surface area contributed by atoms with Crippen molar-refractivity contribution in [2.45, 2.75) is 25.4 Å². The molecule has 2 bridgehead atoms. The van der Waals surface area contributed by atoms with E-state index < -0.39 is 16.2 Å². The first-order chi connectivity index (χ1) is 15.0. The van der Waals surface area contributed by atoms with E-state index in [1.165, 1.54) is 10.6 Å². The summed E-state index contributed by atoms with van der Waals surface area (Å²) in [7, 11) is 1.63. The number of benzene rings is 1. The van der Waals surface area contributed by atoms with Crippen LogP contribution in [-0.4, -0.2) is 45.1 Å². The van der Waals surface area contributed by atoms with Crippen LogP contribution in [0.15, 0.2) is 47.4 Å². The molecule has 5 rings (SSSR count). The van der Waals surface area contributed by atoms with Gasteiger partial charge in [-0.2, -0.15) is 0 Å². The van der Waals surface area contributed by atoms with E-state index >= 15 is 0 Å². The van der Waals surface area contributed by atoms with Gasteiger partial charge in [-0.25, -0.2) is 0 Å². The van der Waals surface area contributed by atoms with Crippen LogP contribution >= 0.6 is 0 Å². The van der Waals surface area contributed by atoms with Gasteiger partial charge in [0.2, 0.25) is 5.91 Å². The predicted octanol–water partition coefficient (Wildman–Crippen LogP) is 2.37. The highest BCUT2D eigenvalue weighted by atomic mass is 16.6. The first-order valence-corrected chi connectivity index (χ1v) is 10.2. The number of fused-ring (bicyclic) bond motifs is 5. The molecule has 9 nitrogen and oxygen atoms in total. The summed E-state index contributed by atoms with van der Waals surface area (Å²) in [5.41, 5.74) is 0.769. The van der Waals surface area contributed by atoms with Crippen molar-refractivity contribution in [3.63, 3.8) is 0 Å². The number of pyridine rings is 1.